The van der Waals surface area contributed by atoms with Crippen molar-refractivity contribution in [3.8, 4) is 5.75 Å². The third-order valence-electron chi connectivity index (χ3n) is 8.46. The molecule has 2 aliphatic rings. The zero-order chi connectivity index (χ0) is 27.6. The Hall–Kier alpha value is -2.97. The summed E-state index contributed by atoms with van der Waals surface area (Å²) < 4.78 is 1.05. The zero-order valence-corrected chi connectivity index (χ0v) is 24.6. The lowest BCUT2D eigenvalue weighted by molar-refractivity contribution is 0.0161. The monoisotopic (exact) mass is 592 g/mol. The summed E-state index contributed by atoms with van der Waals surface area (Å²) >= 11 is 3.53. The van der Waals surface area contributed by atoms with Crippen molar-refractivity contribution in [1.29, 1.82) is 0 Å². The number of nitrogens with zero attached hydrogens (tertiary/aromatic N) is 4. The number of aryl methyl sites for hydroxylation is 1. The molecule has 7 nitrogen and oxygen atoms in total. The second-order valence-corrected chi connectivity index (χ2v) is 11.8. The van der Waals surface area contributed by atoms with Crippen LogP contribution in [0.25, 0.3) is 10.9 Å². The van der Waals surface area contributed by atoms with Crippen LogP contribution < -0.4 is 0 Å². The fraction of sp³-hybridized carbons (Fsp3) is 0.452. The fourth-order valence-electron chi connectivity index (χ4n) is 6.02. The zero-order valence-electron chi connectivity index (χ0n) is 23.0. The van der Waals surface area contributed by atoms with E-state index in [1.807, 2.05) is 36.1 Å². The summed E-state index contributed by atoms with van der Waals surface area (Å²) in [7, 11) is 0. The van der Waals surface area contributed by atoms with Gasteiger partial charge in [-0.3, -0.25) is 9.69 Å². The number of para-hydroxylation sites is 1. The van der Waals surface area contributed by atoms with E-state index < -0.39 is 0 Å². The highest BCUT2D eigenvalue weighted by Crippen LogP contribution is 2.36. The molecule has 2 saturated heterocycles. The van der Waals surface area contributed by atoms with Crippen LogP contribution in [0.4, 0.5) is 0 Å². The minimum Gasteiger partial charge on any atom is -0.505 e. The lowest BCUT2D eigenvalue weighted by Crippen LogP contribution is -2.56. The topological polar surface area (TPSA) is 78.3 Å². The number of rotatable bonds is 6. The Kier molecular flexibility index (Phi) is 8.24. The highest BCUT2D eigenvalue weighted by molar-refractivity contribution is 9.10. The van der Waals surface area contributed by atoms with Gasteiger partial charge in [-0.1, -0.05) is 51.4 Å². The number of hydrogen-bond donors (Lipinski definition) is 1. The van der Waals surface area contributed by atoms with Crippen LogP contribution in [0.2, 0.25) is 0 Å². The van der Waals surface area contributed by atoms with Crippen molar-refractivity contribution in [3.05, 3.63) is 69.8 Å². The fourth-order valence-corrected chi connectivity index (χ4v) is 6.28. The predicted molar refractivity (Wildman–Crippen MR) is 158 cm³/mol. The molecule has 0 bridgehead atoms. The summed E-state index contributed by atoms with van der Waals surface area (Å²) in [4.78, 5) is 28.1. The largest absolute Gasteiger partial charge is 0.505 e. The van der Waals surface area contributed by atoms with Crippen LogP contribution in [0.5, 0.6) is 5.75 Å². The SMILES string of the molecule is CCON=C(c1ccc(Br)cc1)C1CCN(C2(C)CCN(C(=O)c3c(O)c(C)nc4ccccc34)CC2)CC1. The number of aromatic hydroxyl groups is 1. The van der Waals surface area contributed by atoms with Crippen molar-refractivity contribution in [2.75, 3.05) is 32.8 Å². The minimum absolute atomic E-state index is 0.00981. The van der Waals surface area contributed by atoms with Gasteiger partial charge >= 0.3 is 0 Å². The minimum atomic E-state index is -0.110. The van der Waals surface area contributed by atoms with E-state index >= 15 is 0 Å². The summed E-state index contributed by atoms with van der Waals surface area (Å²) in [5.41, 5.74) is 3.78. The first-order valence-corrected chi connectivity index (χ1v) is 14.7. The van der Waals surface area contributed by atoms with Gasteiger partial charge in [-0.25, -0.2) is 4.98 Å². The lowest BCUT2D eigenvalue weighted by atomic mass is 9.82. The number of hydrogen-bond acceptors (Lipinski definition) is 6. The van der Waals surface area contributed by atoms with E-state index in [1.165, 1.54) is 0 Å². The number of oxime groups is 1. The highest BCUT2D eigenvalue weighted by Gasteiger charge is 2.40. The second-order valence-electron chi connectivity index (χ2n) is 10.9. The Morgan fingerprint density at radius 2 is 1.77 bits per heavy atom. The molecule has 1 N–H and O–H groups in total. The van der Waals surface area contributed by atoms with Gasteiger partial charge in [-0.05, 0) is 83.3 Å². The summed E-state index contributed by atoms with van der Waals surface area (Å²) in [6.45, 7) is 9.92. The van der Waals surface area contributed by atoms with Crippen molar-refractivity contribution >= 4 is 38.5 Å². The van der Waals surface area contributed by atoms with E-state index in [9.17, 15) is 9.90 Å². The van der Waals surface area contributed by atoms with Crippen molar-refractivity contribution in [1.82, 2.24) is 14.8 Å². The van der Waals surface area contributed by atoms with Gasteiger partial charge in [0, 0.05) is 34.4 Å². The Morgan fingerprint density at radius 1 is 1.10 bits per heavy atom. The Morgan fingerprint density at radius 3 is 2.44 bits per heavy atom. The van der Waals surface area contributed by atoms with Crippen molar-refractivity contribution in [2.24, 2.45) is 11.1 Å². The molecule has 0 saturated carbocycles. The smallest absolute Gasteiger partial charge is 0.258 e. The van der Waals surface area contributed by atoms with Crippen molar-refractivity contribution < 1.29 is 14.7 Å². The first-order valence-electron chi connectivity index (χ1n) is 13.9. The van der Waals surface area contributed by atoms with E-state index in [-0.39, 0.29) is 17.2 Å². The number of benzene rings is 2. The number of amides is 1. The third-order valence-corrected chi connectivity index (χ3v) is 8.99. The quantitative estimate of drug-likeness (QED) is 0.274. The van der Waals surface area contributed by atoms with Gasteiger partial charge in [0.2, 0.25) is 0 Å². The number of fused-ring (bicyclic) bond motifs is 1. The van der Waals surface area contributed by atoms with E-state index in [2.05, 4.69) is 62.2 Å². The molecular weight excluding hydrogens is 556 g/mol. The molecule has 1 amide bonds. The average molecular weight is 594 g/mol. The van der Waals surface area contributed by atoms with Gasteiger partial charge < -0.3 is 14.8 Å². The number of carbonyl (C=O) groups excluding carboxylic acids is 1. The molecule has 2 fully saturated rings. The van der Waals surface area contributed by atoms with Gasteiger partial charge in [0.25, 0.3) is 5.91 Å². The number of aromatic nitrogens is 1. The number of likely N-dealkylation sites (tertiary alicyclic amines) is 2. The molecule has 0 spiro atoms. The maximum atomic E-state index is 13.6. The standard InChI is InChI=1S/C31H37BrN4O3/c1-4-39-34-28(22-9-11-24(32)12-10-22)23-13-17-36(18-14-23)31(3)15-19-35(20-16-31)30(38)27-25-7-5-6-8-26(25)33-21(2)29(27)37/h5-12,23,37H,4,13-20H2,1-3H3. The molecule has 2 aromatic carbocycles. The van der Waals surface area contributed by atoms with Crippen LogP contribution in [0, 0.1) is 12.8 Å². The maximum Gasteiger partial charge on any atom is 0.258 e. The van der Waals surface area contributed by atoms with Gasteiger partial charge in [0.15, 0.2) is 0 Å². The van der Waals surface area contributed by atoms with Crippen LogP contribution >= 0.6 is 15.9 Å². The number of carbonyl (C=O) groups is 1. The molecule has 206 valence electrons. The molecule has 8 heteroatoms. The molecular formula is C31H37BrN4O3. The van der Waals surface area contributed by atoms with Crippen LogP contribution in [0.3, 0.4) is 0 Å². The summed E-state index contributed by atoms with van der Waals surface area (Å²) in [6.07, 6.45) is 3.85. The summed E-state index contributed by atoms with van der Waals surface area (Å²) in [5.74, 6) is 0.232. The van der Waals surface area contributed by atoms with Crippen LogP contribution in [-0.4, -0.2) is 69.8 Å². The molecule has 5 rings (SSSR count). The molecule has 2 aliphatic heterocycles. The Balaban J connectivity index is 1.24. The Labute approximate surface area is 239 Å². The predicted octanol–water partition coefficient (Wildman–Crippen LogP) is 6.16. The number of pyridine rings is 1. The van der Waals surface area contributed by atoms with Gasteiger partial charge in [-0.15, -0.1) is 0 Å². The van der Waals surface area contributed by atoms with Gasteiger partial charge in [0.1, 0.15) is 12.4 Å². The lowest BCUT2D eigenvalue weighted by Gasteiger charge is -2.49. The molecule has 3 aromatic rings. The van der Waals surface area contributed by atoms with Crippen LogP contribution in [0.1, 0.15) is 61.1 Å². The van der Waals surface area contributed by atoms with Crippen LogP contribution in [0.15, 0.2) is 58.2 Å². The molecule has 39 heavy (non-hydrogen) atoms. The number of piperidine rings is 2. The highest BCUT2D eigenvalue weighted by atomic mass is 79.9. The van der Waals surface area contributed by atoms with Gasteiger partial charge in [-0.2, -0.15) is 0 Å². The van der Waals surface area contributed by atoms with E-state index in [0.717, 1.165) is 60.0 Å². The third kappa shape index (κ3) is 5.68. The van der Waals surface area contributed by atoms with Crippen LogP contribution in [-0.2, 0) is 4.84 Å². The molecule has 3 heterocycles. The normalized spacial score (nSPS) is 18.9. The molecule has 1 aromatic heterocycles. The van der Waals surface area contributed by atoms with Crippen molar-refractivity contribution in [2.45, 2.75) is 52.0 Å². The summed E-state index contributed by atoms with van der Waals surface area (Å²) in [5, 5.41) is 16.0. The average Bonchev–Trinajstić information content (AvgIpc) is 2.95. The van der Waals surface area contributed by atoms with Gasteiger partial charge in [0.05, 0.1) is 22.5 Å². The number of halogens is 1. The molecule has 0 aliphatic carbocycles. The second kappa shape index (κ2) is 11.6. The molecule has 0 unspecified atom stereocenters. The first kappa shape index (κ1) is 27.6. The van der Waals surface area contributed by atoms with E-state index in [4.69, 9.17) is 4.84 Å². The molecule has 0 radical (unpaired) electrons. The van der Waals surface area contributed by atoms with E-state index in [0.29, 0.717) is 42.3 Å². The van der Waals surface area contributed by atoms with Crippen molar-refractivity contribution in [3.63, 3.8) is 0 Å². The maximum absolute atomic E-state index is 13.6. The van der Waals surface area contributed by atoms with E-state index in [1.54, 1.807) is 6.92 Å². The molecule has 0 atom stereocenters. The summed E-state index contributed by atoms with van der Waals surface area (Å²) in [6, 6.07) is 15.9. The first-order chi connectivity index (χ1) is 18.8. The Bertz CT molecular complexity index is 1360.